The van der Waals surface area contributed by atoms with E-state index < -0.39 is 6.03 Å². The molecular formula is C43H43N7O6. The number of fused-ring (bicyclic) bond motifs is 8. The number of aliphatic hydroxyl groups excluding tert-OH is 1. The van der Waals surface area contributed by atoms with Crippen molar-refractivity contribution in [2.75, 3.05) is 82.0 Å². The number of nitrogens with one attached hydrogen (secondary N) is 1. The molecule has 0 atom stereocenters. The smallest absolute Gasteiger partial charge is 0.321 e. The Hall–Kier alpha value is -6.73. The molecule has 0 saturated heterocycles. The number of likely N-dealkylation sites (N-methyl/N-ethyl adjacent to an activating group) is 1. The van der Waals surface area contributed by atoms with E-state index in [9.17, 15) is 19.5 Å². The Morgan fingerprint density at radius 3 is 1.75 bits per heavy atom. The van der Waals surface area contributed by atoms with E-state index in [0.717, 1.165) is 28.0 Å². The summed E-state index contributed by atoms with van der Waals surface area (Å²) >= 11 is 0. The van der Waals surface area contributed by atoms with Gasteiger partial charge < -0.3 is 38.9 Å². The third-order valence-corrected chi connectivity index (χ3v) is 9.83. The van der Waals surface area contributed by atoms with E-state index in [1.54, 1.807) is 32.3 Å². The van der Waals surface area contributed by atoms with Crippen LogP contribution in [-0.2, 0) is 0 Å². The van der Waals surface area contributed by atoms with Gasteiger partial charge in [-0.05, 0) is 31.2 Å². The van der Waals surface area contributed by atoms with Crippen LogP contribution >= 0.6 is 0 Å². The molecular weight excluding hydrogens is 711 g/mol. The number of rotatable bonds is 7. The molecule has 0 aromatic heterocycles. The van der Waals surface area contributed by atoms with Gasteiger partial charge in [-0.2, -0.15) is 0 Å². The molecule has 0 radical (unpaired) electrons. The van der Waals surface area contributed by atoms with E-state index in [0.29, 0.717) is 63.1 Å². The van der Waals surface area contributed by atoms with Crippen molar-refractivity contribution in [2.24, 2.45) is 0 Å². The van der Waals surface area contributed by atoms with E-state index in [1.165, 1.54) is 4.90 Å². The highest BCUT2D eigenvalue weighted by Crippen LogP contribution is 2.38. The van der Waals surface area contributed by atoms with Crippen LogP contribution in [0.2, 0.25) is 0 Å². The first-order valence-electron chi connectivity index (χ1n) is 18.2. The molecule has 8 rings (SSSR count). The van der Waals surface area contributed by atoms with E-state index >= 15 is 0 Å². The SMILES string of the molecule is CCN(C)c1c2oc3cc(N(C)C)ccc3nc-2c2ccccc2c1=O.CN(C)C(=O)Nc1c2oc3cc(N(C)CCO)ccc3nc-2c2ccccc2c1=O. The fraction of sp³-hybridized carbons (Fsp3) is 0.233. The lowest BCUT2D eigenvalue weighted by atomic mass is 10.0. The van der Waals surface area contributed by atoms with E-state index in [1.807, 2.05) is 117 Å². The second-order valence-corrected chi connectivity index (χ2v) is 13.9. The Kier molecular flexibility index (Phi) is 10.2. The highest BCUT2D eigenvalue weighted by atomic mass is 16.3. The summed E-state index contributed by atoms with van der Waals surface area (Å²) in [4.78, 5) is 55.3. The van der Waals surface area contributed by atoms with E-state index in [4.69, 9.17) is 18.8 Å². The molecule has 286 valence electrons. The molecule has 4 aromatic carbocycles. The topological polar surface area (TPSA) is 148 Å². The number of hydrogen-bond acceptors (Lipinski definition) is 11. The average Bonchev–Trinajstić information content (AvgIpc) is 3.21. The maximum atomic E-state index is 13.1. The summed E-state index contributed by atoms with van der Waals surface area (Å²) in [6, 6.07) is 25.7. The lowest BCUT2D eigenvalue weighted by Crippen LogP contribution is -2.30. The summed E-state index contributed by atoms with van der Waals surface area (Å²) < 4.78 is 12.4. The Bertz CT molecular complexity index is 2810. The molecule has 0 bridgehead atoms. The zero-order valence-electron chi connectivity index (χ0n) is 32.4. The van der Waals surface area contributed by atoms with Gasteiger partial charge in [-0.25, -0.2) is 14.8 Å². The van der Waals surface area contributed by atoms with Crippen LogP contribution < -0.4 is 30.9 Å². The first-order chi connectivity index (χ1) is 26.9. The number of nitrogens with zero attached hydrogens (tertiary/aromatic N) is 6. The maximum absolute atomic E-state index is 13.1. The predicted octanol–water partition coefficient (Wildman–Crippen LogP) is 6.94. The van der Waals surface area contributed by atoms with Gasteiger partial charge in [0.25, 0.3) is 0 Å². The largest absolute Gasteiger partial charge is 0.450 e. The minimum Gasteiger partial charge on any atom is -0.450 e. The number of aliphatic hydroxyl groups is 1. The van der Waals surface area contributed by atoms with Gasteiger partial charge in [0.1, 0.15) is 33.8 Å². The number of urea groups is 1. The molecule has 56 heavy (non-hydrogen) atoms. The monoisotopic (exact) mass is 753 g/mol. The lowest BCUT2D eigenvalue weighted by molar-refractivity contribution is 0.230. The average molecular weight is 754 g/mol. The van der Waals surface area contributed by atoms with Gasteiger partial charge in [-0.3, -0.25) is 9.59 Å². The Balaban J connectivity index is 0.000000173. The number of carbonyl (C=O) groups excluding carboxylic acids is 1. The summed E-state index contributed by atoms with van der Waals surface area (Å²) in [5.74, 6) is 0.768. The normalized spacial score (nSPS) is 11.3. The maximum Gasteiger partial charge on any atom is 0.321 e. The summed E-state index contributed by atoms with van der Waals surface area (Å²) in [7, 11) is 10.9. The lowest BCUT2D eigenvalue weighted by Gasteiger charge is -2.21. The fourth-order valence-electron chi connectivity index (χ4n) is 6.58. The van der Waals surface area contributed by atoms with Crippen LogP contribution in [0.1, 0.15) is 6.92 Å². The molecule has 13 nitrogen and oxygen atoms in total. The standard InChI is InChI=1S/C22H22N4O4.C21H21N3O2/c1-25(2)22(29)24-19-20(28)15-7-5-4-6-14(15)18-21(19)30-17-12-13(26(3)10-11-27)8-9-16(17)23-18;1-5-24(4)19-20(25)15-9-7-6-8-14(15)18-21(19)26-17-12-13(23(2)3)10-11-16(17)22-18/h4-9,12,27H,10-11H2,1-3H3,(H,24,29);6-12H,5H2,1-4H3. The molecule has 2 amide bonds. The van der Waals surface area contributed by atoms with Crippen molar-refractivity contribution >= 4 is 72.5 Å². The molecule has 0 fully saturated rings. The molecule has 4 aromatic rings. The molecule has 2 heterocycles. The molecule has 0 saturated carbocycles. The van der Waals surface area contributed by atoms with E-state index in [-0.39, 0.29) is 28.9 Å². The zero-order valence-corrected chi connectivity index (χ0v) is 32.4. The highest BCUT2D eigenvalue weighted by molar-refractivity contribution is 6.05. The van der Waals surface area contributed by atoms with Gasteiger partial charge in [0.2, 0.25) is 10.9 Å². The molecule has 0 spiro atoms. The van der Waals surface area contributed by atoms with Crippen LogP contribution in [-0.4, -0.2) is 88.0 Å². The summed E-state index contributed by atoms with van der Waals surface area (Å²) in [5, 5.41) is 14.5. The Labute approximate surface area is 322 Å². The van der Waals surface area contributed by atoms with Crippen LogP contribution in [0.4, 0.5) is 27.5 Å². The van der Waals surface area contributed by atoms with Gasteiger partial charge in [0, 0.05) is 100 Å². The number of carbonyl (C=O) groups is 1. The van der Waals surface area contributed by atoms with Crippen molar-refractivity contribution in [1.29, 1.82) is 0 Å². The number of amides is 2. The number of aromatic nitrogens is 2. The van der Waals surface area contributed by atoms with Crippen molar-refractivity contribution < 1.29 is 18.7 Å². The summed E-state index contributed by atoms with van der Waals surface area (Å²) in [6.45, 7) is 3.20. The first kappa shape index (κ1) is 37.6. The summed E-state index contributed by atoms with van der Waals surface area (Å²) in [5.41, 5.74) is 5.90. The first-order valence-corrected chi connectivity index (χ1v) is 18.2. The zero-order chi connectivity index (χ0) is 39.8. The van der Waals surface area contributed by atoms with Crippen LogP contribution in [0.5, 0.6) is 0 Å². The van der Waals surface area contributed by atoms with Gasteiger partial charge in [-0.15, -0.1) is 0 Å². The van der Waals surface area contributed by atoms with Gasteiger partial charge in [0.15, 0.2) is 22.7 Å². The molecule has 4 aliphatic rings. The van der Waals surface area contributed by atoms with Gasteiger partial charge in [-0.1, -0.05) is 48.5 Å². The van der Waals surface area contributed by atoms with Gasteiger partial charge in [0.05, 0.1) is 6.61 Å². The predicted molar refractivity (Wildman–Crippen MR) is 225 cm³/mol. The van der Waals surface area contributed by atoms with Crippen LogP contribution in [0, 0.1) is 0 Å². The van der Waals surface area contributed by atoms with Crippen molar-refractivity contribution in [3.8, 4) is 22.9 Å². The third kappa shape index (κ3) is 6.77. The van der Waals surface area contributed by atoms with E-state index in [2.05, 4.69) is 5.32 Å². The molecule has 2 aliphatic carbocycles. The Morgan fingerprint density at radius 1 is 0.679 bits per heavy atom. The van der Waals surface area contributed by atoms with Gasteiger partial charge >= 0.3 is 6.03 Å². The van der Waals surface area contributed by atoms with Crippen LogP contribution in [0.3, 0.4) is 0 Å². The van der Waals surface area contributed by atoms with Crippen molar-refractivity contribution in [3.63, 3.8) is 0 Å². The Morgan fingerprint density at radius 2 is 1.20 bits per heavy atom. The molecule has 2 N–H and O–H groups in total. The van der Waals surface area contributed by atoms with Crippen LogP contribution in [0.25, 0.3) is 66.7 Å². The molecule has 0 unspecified atom stereocenters. The number of anilines is 4. The minimum atomic E-state index is -0.435. The van der Waals surface area contributed by atoms with Crippen LogP contribution in [0.15, 0.2) is 103 Å². The number of hydrogen-bond donors (Lipinski definition) is 2. The van der Waals surface area contributed by atoms with Crippen molar-refractivity contribution in [3.05, 3.63) is 105 Å². The molecule has 13 heteroatoms. The second kappa shape index (κ2) is 15.2. The third-order valence-electron chi connectivity index (χ3n) is 9.83. The fourth-order valence-corrected chi connectivity index (χ4v) is 6.58. The minimum absolute atomic E-state index is 0.0217. The quantitative estimate of drug-likeness (QED) is 0.129. The molecule has 2 aliphatic heterocycles. The van der Waals surface area contributed by atoms with Crippen molar-refractivity contribution in [2.45, 2.75) is 6.92 Å². The summed E-state index contributed by atoms with van der Waals surface area (Å²) in [6.07, 6.45) is 0. The number of benzene rings is 6. The highest BCUT2D eigenvalue weighted by Gasteiger charge is 2.26. The van der Waals surface area contributed by atoms with Crippen molar-refractivity contribution in [1.82, 2.24) is 14.9 Å². The second-order valence-electron chi connectivity index (χ2n) is 13.9.